The number of nitrogens with one attached hydrogen (secondary N) is 2. The van der Waals surface area contributed by atoms with Crippen LogP contribution >= 0.6 is 24.0 Å². The van der Waals surface area contributed by atoms with Gasteiger partial charge >= 0.3 is 6.61 Å². The van der Waals surface area contributed by atoms with Crippen LogP contribution in [0.25, 0.3) is 0 Å². The van der Waals surface area contributed by atoms with Gasteiger partial charge in [0.1, 0.15) is 5.75 Å². The third-order valence-corrected chi connectivity index (χ3v) is 4.27. The fourth-order valence-corrected chi connectivity index (χ4v) is 2.56. The molecule has 25 heavy (non-hydrogen) atoms. The highest BCUT2D eigenvalue weighted by atomic mass is 127. The van der Waals surface area contributed by atoms with Crippen molar-refractivity contribution < 1.29 is 23.0 Å². The van der Waals surface area contributed by atoms with Crippen molar-refractivity contribution in [3.05, 3.63) is 17.7 Å². The van der Waals surface area contributed by atoms with Crippen LogP contribution in [0.4, 0.5) is 8.78 Å². The van der Waals surface area contributed by atoms with Gasteiger partial charge in [-0.2, -0.15) is 8.78 Å². The van der Waals surface area contributed by atoms with E-state index in [1.807, 2.05) is 0 Å². The molecule has 1 saturated carbocycles. The first-order valence-electron chi connectivity index (χ1n) is 7.73. The average molecular weight is 469 g/mol. The van der Waals surface area contributed by atoms with Crippen LogP contribution in [-0.2, 0) is 6.54 Å². The molecule has 1 aromatic carbocycles. The van der Waals surface area contributed by atoms with Gasteiger partial charge in [-0.15, -0.1) is 24.0 Å². The maximum atomic E-state index is 12.6. The molecule has 0 amide bonds. The van der Waals surface area contributed by atoms with Gasteiger partial charge in [-0.25, -0.2) is 0 Å². The predicted molar refractivity (Wildman–Crippen MR) is 100 cm³/mol. The van der Waals surface area contributed by atoms with E-state index in [0.717, 1.165) is 6.42 Å². The topological polar surface area (TPSA) is 64.1 Å². The molecule has 9 heteroatoms. The van der Waals surface area contributed by atoms with Gasteiger partial charge in [-0.1, -0.05) is 13.8 Å². The monoisotopic (exact) mass is 469 g/mol. The van der Waals surface area contributed by atoms with Crippen molar-refractivity contribution >= 4 is 29.9 Å². The Morgan fingerprint density at radius 3 is 2.56 bits per heavy atom. The van der Waals surface area contributed by atoms with Crippen LogP contribution in [0.2, 0.25) is 0 Å². The average Bonchev–Trinajstić information content (AvgIpc) is 2.91. The van der Waals surface area contributed by atoms with E-state index in [4.69, 9.17) is 9.47 Å². The molecule has 1 aliphatic heterocycles. The lowest BCUT2D eigenvalue weighted by atomic mass is 10.1. The van der Waals surface area contributed by atoms with Crippen molar-refractivity contribution in [1.82, 2.24) is 10.6 Å². The predicted octanol–water partition coefficient (Wildman–Crippen LogP) is 3.10. The van der Waals surface area contributed by atoms with E-state index in [-0.39, 0.29) is 48.5 Å². The van der Waals surface area contributed by atoms with Gasteiger partial charge in [0.15, 0.2) is 17.5 Å². The molecule has 1 heterocycles. The molecule has 0 aromatic heterocycles. The molecule has 140 valence electrons. The zero-order chi connectivity index (χ0) is 17.3. The number of hydrogen-bond donors (Lipinski definition) is 2. The lowest BCUT2D eigenvalue weighted by molar-refractivity contribution is -0.0505. The number of hydrogen-bond acceptors (Lipinski definition) is 4. The van der Waals surface area contributed by atoms with Crippen LogP contribution in [-0.4, -0.2) is 32.5 Å². The Labute approximate surface area is 162 Å². The SMILES string of the molecule is CN=C(NCc1cc2c(cc1OC(F)F)OCO2)NC1CC1(C)C.I. The molecule has 2 N–H and O–H groups in total. The molecule has 1 fully saturated rings. The third kappa shape index (κ3) is 4.77. The minimum atomic E-state index is -2.91. The summed E-state index contributed by atoms with van der Waals surface area (Å²) in [7, 11) is 1.67. The number of halogens is 3. The highest BCUT2D eigenvalue weighted by molar-refractivity contribution is 14.0. The van der Waals surface area contributed by atoms with Crippen LogP contribution in [0.15, 0.2) is 17.1 Å². The molecule has 0 bridgehead atoms. The molecule has 1 atom stereocenters. The first-order chi connectivity index (χ1) is 11.4. The maximum absolute atomic E-state index is 12.6. The number of aliphatic imine (C=N–C) groups is 1. The Morgan fingerprint density at radius 1 is 1.36 bits per heavy atom. The smallest absolute Gasteiger partial charge is 0.387 e. The first-order valence-corrected chi connectivity index (χ1v) is 7.73. The Hall–Kier alpha value is -1.52. The molecule has 0 spiro atoms. The minimum Gasteiger partial charge on any atom is -0.454 e. The number of ether oxygens (including phenoxy) is 3. The summed E-state index contributed by atoms with van der Waals surface area (Å²) in [6, 6.07) is 3.42. The third-order valence-electron chi connectivity index (χ3n) is 4.27. The summed E-state index contributed by atoms with van der Waals surface area (Å²) >= 11 is 0. The largest absolute Gasteiger partial charge is 0.454 e. The van der Waals surface area contributed by atoms with Crippen molar-refractivity contribution in [2.75, 3.05) is 13.8 Å². The Balaban J connectivity index is 0.00000225. The van der Waals surface area contributed by atoms with Crippen LogP contribution in [0.3, 0.4) is 0 Å². The van der Waals surface area contributed by atoms with Gasteiger partial charge in [0.25, 0.3) is 0 Å². The summed E-state index contributed by atoms with van der Waals surface area (Å²) in [5.41, 5.74) is 0.790. The summed E-state index contributed by atoms with van der Waals surface area (Å²) in [5.74, 6) is 1.59. The van der Waals surface area contributed by atoms with E-state index in [1.54, 1.807) is 13.1 Å². The van der Waals surface area contributed by atoms with E-state index in [0.29, 0.717) is 29.1 Å². The van der Waals surface area contributed by atoms with Crippen LogP contribution < -0.4 is 24.8 Å². The summed E-state index contributed by atoms with van der Waals surface area (Å²) in [4.78, 5) is 4.16. The molecule has 6 nitrogen and oxygen atoms in total. The van der Waals surface area contributed by atoms with Crippen LogP contribution in [0, 0.1) is 5.41 Å². The molecule has 0 radical (unpaired) electrons. The molecule has 3 rings (SSSR count). The van der Waals surface area contributed by atoms with Crippen molar-refractivity contribution in [3.8, 4) is 17.2 Å². The lowest BCUT2D eigenvalue weighted by Crippen LogP contribution is -2.39. The van der Waals surface area contributed by atoms with Gasteiger partial charge in [-0.05, 0) is 17.9 Å². The second-order valence-electron chi connectivity index (χ2n) is 6.51. The zero-order valence-corrected chi connectivity index (χ0v) is 16.6. The minimum absolute atomic E-state index is 0. The molecule has 2 aliphatic rings. The number of alkyl halides is 2. The zero-order valence-electron chi connectivity index (χ0n) is 14.3. The van der Waals surface area contributed by atoms with E-state index >= 15 is 0 Å². The van der Waals surface area contributed by atoms with Gasteiger partial charge in [-0.3, -0.25) is 4.99 Å². The second kappa shape index (κ2) is 7.79. The highest BCUT2D eigenvalue weighted by Crippen LogP contribution is 2.44. The van der Waals surface area contributed by atoms with Crippen LogP contribution in [0.5, 0.6) is 17.2 Å². The van der Waals surface area contributed by atoms with Gasteiger partial charge < -0.3 is 24.8 Å². The van der Waals surface area contributed by atoms with Gasteiger partial charge in [0, 0.05) is 31.3 Å². The van der Waals surface area contributed by atoms with Crippen molar-refractivity contribution in [2.45, 2.75) is 39.5 Å². The summed E-state index contributed by atoms with van der Waals surface area (Å²) < 4.78 is 40.4. The Morgan fingerprint density at radius 2 is 2.00 bits per heavy atom. The molecular formula is C16H22F2IN3O3. The standard InChI is InChI=1S/C16H21F2N3O3.HI/c1-16(2)6-13(16)21-15(19-3)20-7-9-4-11-12(23-8-22-11)5-10(9)24-14(17)18;/h4-5,13-14H,6-8H2,1-3H3,(H2,19,20,21);1H. The second-order valence-corrected chi connectivity index (χ2v) is 6.51. The number of benzene rings is 1. The van der Waals surface area contributed by atoms with E-state index in [9.17, 15) is 8.78 Å². The van der Waals surface area contributed by atoms with Gasteiger partial charge in [0.05, 0.1) is 0 Å². The van der Waals surface area contributed by atoms with E-state index < -0.39 is 6.61 Å². The molecule has 1 unspecified atom stereocenters. The summed E-state index contributed by atoms with van der Waals surface area (Å²) in [6.07, 6.45) is 1.07. The normalized spacial score (nSPS) is 20.1. The quantitative estimate of drug-likeness (QED) is 0.395. The fourth-order valence-electron chi connectivity index (χ4n) is 2.56. The number of nitrogens with zero attached hydrogens (tertiary/aromatic N) is 1. The first kappa shape index (κ1) is 19.8. The Bertz CT molecular complexity index is 656. The number of fused-ring (bicyclic) bond motifs is 1. The van der Waals surface area contributed by atoms with E-state index in [2.05, 4.69) is 34.2 Å². The number of rotatable bonds is 5. The lowest BCUT2D eigenvalue weighted by Gasteiger charge is -2.16. The highest BCUT2D eigenvalue weighted by Gasteiger charge is 2.46. The molecule has 0 saturated heterocycles. The van der Waals surface area contributed by atoms with Gasteiger partial charge in [0.2, 0.25) is 6.79 Å². The summed E-state index contributed by atoms with van der Waals surface area (Å²) in [5, 5.41) is 6.42. The summed E-state index contributed by atoms with van der Waals surface area (Å²) in [6.45, 7) is 1.77. The maximum Gasteiger partial charge on any atom is 0.387 e. The molecule has 1 aromatic rings. The molecular weight excluding hydrogens is 447 g/mol. The fraction of sp³-hybridized carbons (Fsp3) is 0.562. The van der Waals surface area contributed by atoms with Crippen molar-refractivity contribution in [2.24, 2.45) is 10.4 Å². The van der Waals surface area contributed by atoms with Crippen LogP contribution in [0.1, 0.15) is 25.8 Å². The van der Waals surface area contributed by atoms with Crippen molar-refractivity contribution in [1.29, 1.82) is 0 Å². The Kier molecular flexibility index (Phi) is 6.17. The van der Waals surface area contributed by atoms with E-state index in [1.165, 1.54) is 6.07 Å². The molecule has 1 aliphatic carbocycles. The van der Waals surface area contributed by atoms with Crippen molar-refractivity contribution in [3.63, 3.8) is 0 Å². The number of guanidine groups is 1.